The standard InChI is InChI=1S/C30H19Cl3F9NO3/c1-12(29(37,38)39)22(44)11-17-20(34)6-3-14(26(17)36)9-23(45)16-10-15(4-5-19(16)31)43-27(46)25-24(28(25,32)33)13-2-7-21(35)18(8-13)30(40,41)42/h2-8,10,12,24-25H,9,11H2,1H3,(H,43,46)/t12?,24-,25+/m0/s1. The second-order valence-electron chi connectivity index (χ2n) is 10.6. The zero-order valence-corrected chi connectivity index (χ0v) is 25.3. The van der Waals surface area contributed by atoms with Crippen LogP contribution >= 0.6 is 34.8 Å². The summed E-state index contributed by atoms with van der Waals surface area (Å²) in [6.07, 6.45) is -11.9. The van der Waals surface area contributed by atoms with Crippen LogP contribution in [0.5, 0.6) is 0 Å². The number of Topliss-reactive ketones (excluding diaryl/α,β-unsaturated/α-hetero) is 2. The van der Waals surface area contributed by atoms with Crippen molar-refractivity contribution >= 4 is 58.0 Å². The molecule has 1 aliphatic rings. The van der Waals surface area contributed by atoms with Crippen LogP contribution in [0.4, 0.5) is 45.2 Å². The van der Waals surface area contributed by atoms with E-state index in [4.69, 9.17) is 34.8 Å². The average molecular weight is 719 g/mol. The molecule has 0 aromatic heterocycles. The summed E-state index contributed by atoms with van der Waals surface area (Å²) < 4.78 is 120. The molecule has 0 spiro atoms. The van der Waals surface area contributed by atoms with Crippen LogP contribution in [0.15, 0.2) is 48.5 Å². The van der Waals surface area contributed by atoms with Gasteiger partial charge in [-0.2, -0.15) is 26.3 Å². The Morgan fingerprint density at radius 1 is 0.891 bits per heavy atom. The molecule has 0 bridgehead atoms. The largest absolute Gasteiger partial charge is 0.419 e. The molecular formula is C30H19Cl3F9NO3. The first-order valence-electron chi connectivity index (χ1n) is 13.1. The van der Waals surface area contributed by atoms with Gasteiger partial charge in [0.15, 0.2) is 5.78 Å². The number of benzene rings is 3. The van der Waals surface area contributed by atoms with E-state index in [1.54, 1.807) is 0 Å². The van der Waals surface area contributed by atoms with E-state index in [-0.39, 0.29) is 21.8 Å². The number of carbonyl (C=O) groups is 3. The maximum Gasteiger partial charge on any atom is 0.419 e. The van der Waals surface area contributed by atoms with Crippen molar-refractivity contribution in [2.45, 2.75) is 42.4 Å². The summed E-state index contributed by atoms with van der Waals surface area (Å²) in [6, 6.07) is 7.16. The number of carbonyl (C=O) groups excluding carboxylic acids is 3. The van der Waals surface area contributed by atoms with Gasteiger partial charge >= 0.3 is 12.4 Å². The molecule has 4 nitrogen and oxygen atoms in total. The van der Waals surface area contributed by atoms with Crippen molar-refractivity contribution in [1.82, 2.24) is 0 Å². The minimum absolute atomic E-state index is 0.0605. The fourth-order valence-electron chi connectivity index (χ4n) is 4.78. The fraction of sp³-hybridized carbons (Fsp3) is 0.300. The third kappa shape index (κ3) is 7.31. The molecule has 0 saturated heterocycles. The smallest absolute Gasteiger partial charge is 0.326 e. The second-order valence-corrected chi connectivity index (χ2v) is 12.4. The minimum Gasteiger partial charge on any atom is -0.326 e. The van der Waals surface area contributed by atoms with Crippen molar-refractivity contribution in [1.29, 1.82) is 0 Å². The number of hydrogen-bond acceptors (Lipinski definition) is 3. The van der Waals surface area contributed by atoms with Gasteiger partial charge in [-0.1, -0.05) is 23.7 Å². The molecule has 1 amide bonds. The van der Waals surface area contributed by atoms with E-state index >= 15 is 4.39 Å². The van der Waals surface area contributed by atoms with Gasteiger partial charge < -0.3 is 5.32 Å². The zero-order chi connectivity index (χ0) is 34.5. The SMILES string of the molecule is CC(C(=O)Cc1c(F)ccc(CC(=O)c2cc(NC(=O)[C@H]3[C@H](c4ccc(F)c(C(F)(F)F)c4)C3(Cl)Cl)ccc2Cl)c1F)C(F)(F)F. The molecule has 1 aliphatic carbocycles. The van der Waals surface area contributed by atoms with E-state index in [1.165, 1.54) is 12.1 Å². The summed E-state index contributed by atoms with van der Waals surface area (Å²) in [4.78, 5) is 38.1. The zero-order valence-electron chi connectivity index (χ0n) is 23.0. The Morgan fingerprint density at radius 3 is 2.13 bits per heavy atom. The Kier molecular flexibility index (Phi) is 9.84. The van der Waals surface area contributed by atoms with Gasteiger partial charge in [0.2, 0.25) is 5.91 Å². The minimum atomic E-state index is -5.03. The molecule has 3 aromatic carbocycles. The van der Waals surface area contributed by atoms with Crippen LogP contribution in [-0.2, 0) is 28.6 Å². The second kappa shape index (κ2) is 12.7. The molecule has 1 N–H and O–H groups in total. The molecule has 246 valence electrons. The molecule has 3 aromatic rings. The van der Waals surface area contributed by atoms with Crippen molar-refractivity contribution in [3.05, 3.63) is 98.8 Å². The fourth-order valence-corrected chi connectivity index (χ4v) is 5.83. The summed E-state index contributed by atoms with van der Waals surface area (Å²) in [6.45, 7) is 0.551. The lowest BCUT2D eigenvalue weighted by Gasteiger charge is -2.15. The van der Waals surface area contributed by atoms with Crippen molar-refractivity contribution in [2.75, 3.05) is 5.32 Å². The van der Waals surface area contributed by atoms with Crippen LogP contribution in [0.25, 0.3) is 0 Å². The number of ketones is 2. The van der Waals surface area contributed by atoms with Crippen LogP contribution < -0.4 is 5.32 Å². The van der Waals surface area contributed by atoms with Crippen molar-refractivity contribution in [2.24, 2.45) is 11.8 Å². The first kappa shape index (κ1) is 35.6. The molecule has 1 saturated carbocycles. The average Bonchev–Trinajstić information content (AvgIpc) is 3.53. The molecule has 0 aliphatic heterocycles. The van der Waals surface area contributed by atoms with E-state index < -0.39 is 98.9 Å². The summed E-state index contributed by atoms with van der Waals surface area (Å²) in [5.41, 5.74) is -3.46. The van der Waals surface area contributed by atoms with E-state index in [0.29, 0.717) is 25.1 Å². The lowest BCUT2D eigenvalue weighted by Crippen LogP contribution is -2.29. The van der Waals surface area contributed by atoms with Gasteiger partial charge in [0, 0.05) is 35.6 Å². The van der Waals surface area contributed by atoms with Gasteiger partial charge in [-0.25, -0.2) is 13.2 Å². The number of nitrogens with one attached hydrogen (secondary N) is 1. The molecule has 16 heteroatoms. The molecular weight excluding hydrogens is 700 g/mol. The quantitative estimate of drug-likeness (QED) is 0.137. The highest BCUT2D eigenvalue weighted by Gasteiger charge is 2.67. The molecule has 4 rings (SSSR count). The van der Waals surface area contributed by atoms with Crippen LogP contribution in [0, 0.1) is 29.3 Å². The highest BCUT2D eigenvalue weighted by Crippen LogP contribution is 2.65. The third-order valence-electron chi connectivity index (χ3n) is 7.47. The molecule has 46 heavy (non-hydrogen) atoms. The number of alkyl halides is 8. The van der Waals surface area contributed by atoms with Crippen LogP contribution in [0.1, 0.15) is 45.5 Å². The van der Waals surface area contributed by atoms with E-state index in [9.17, 15) is 49.5 Å². The summed E-state index contributed by atoms with van der Waals surface area (Å²) in [7, 11) is 0. The number of rotatable bonds is 9. The van der Waals surface area contributed by atoms with Gasteiger partial charge in [-0.3, -0.25) is 14.4 Å². The van der Waals surface area contributed by atoms with E-state index in [1.807, 2.05) is 0 Å². The van der Waals surface area contributed by atoms with Crippen molar-refractivity contribution < 1.29 is 53.9 Å². The number of hydrogen-bond donors (Lipinski definition) is 1. The van der Waals surface area contributed by atoms with Gasteiger partial charge in [0.1, 0.15) is 33.5 Å². The Balaban J connectivity index is 1.52. The van der Waals surface area contributed by atoms with Crippen LogP contribution in [0.3, 0.4) is 0 Å². The van der Waals surface area contributed by atoms with Gasteiger partial charge in [0.05, 0.1) is 16.5 Å². The Hall–Kier alpha value is -3.29. The first-order chi connectivity index (χ1) is 21.1. The molecule has 0 radical (unpaired) electrons. The predicted molar refractivity (Wildman–Crippen MR) is 150 cm³/mol. The number of halogens is 12. The third-order valence-corrected chi connectivity index (χ3v) is 8.74. The monoisotopic (exact) mass is 717 g/mol. The molecule has 3 atom stereocenters. The van der Waals surface area contributed by atoms with E-state index in [2.05, 4.69) is 5.32 Å². The summed E-state index contributed by atoms with van der Waals surface area (Å²) >= 11 is 18.5. The summed E-state index contributed by atoms with van der Waals surface area (Å²) in [5.74, 6) is -12.4. The van der Waals surface area contributed by atoms with Crippen LogP contribution in [-0.4, -0.2) is 28.0 Å². The number of anilines is 1. The Labute approximate surface area is 269 Å². The van der Waals surface area contributed by atoms with Crippen molar-refractivity contribution in [3.63, 3.8) is 0 Å². The highest BCUT2D eigenvalue weighted by molar-refractivity contribution is 6.53. The van der Waals surface area contributed by atoms with Gasteiger partial charge in [-0.05, 0) is 54.4 Å². The predicted octanol–water partition coefficient (Wildman–Crippen LogP) is 9.04. The van der Waals surface area contributed by atoms with Gasteiger partial charge in [-0.15, -0.1) is 23.2 Å². The lowest BCUT2D eigenvalue weighted by atomic mass is 9.95. The molecule has 1 unspecified atom stereocenters. The normalized spacial score (nSPS) is 18.2. The maximum absolute atomic E-state index is 15.1. The van der Waals surface area contributed by atoms with Crippen molar-refractivity contribution in [3.8, 4) is 0 Å². The number of amides is 1. The first-order valence-corrected chi connectivity index (χ1v) is 14.2. The Morgan fingerprint density at radius 2 is 1.52 bits per heavy atom. The van der Waals surface area contributed by atoms with E-state index in [0.717, 1.165) is 18.2 Å². The Bertz CT molecular complexity index is 1720. The molecule has 0 heterocycles. The lowest BCUT2D eigenvalue weighted by molar-refractivity contribution is -0.177. The molecule has 1 fully saturated rings. The topological polar surface area (TPSA) is 63.2 Å². The highest BCUT2D eigenvalue weighted by atomic mass is 35.5. The van der Waals surface area contributed by atoms with Crippen LogP contribution in [0.2, 0.25) is 5.02 Å². The summed E-state index contributed by atoms with van der Waals surface area (Å²) in [5, 5.41) is 2.24. The van der Waals surface area contributed by atoms with Gasteiger partial charge in [0.25, 0.3) is 0 Å². The maximum atomic E-state index is 15.1.